The zero-order valence-electron chi connectivity index (χ0n) is 16.7. The number of rotatable bonds is 9. The SMILES string of the molecule is O=C(O)CCCc1ccc(OCc2cc(F)ccc2-c2ccc(C3CC3)cc2)cn1. The second kappa shape index (κ2) is 9.08. The Hall–Kier alpha value is -3.21. The molecular weight excluding hydrogens is 381 g/mol. The quantitative estimate of drug-likeness (QED) is 0.492. The first-order valence-corrected chi connectivity index (χ1v) is 10.3. The molecule has 1 aliphatic rings. The van der Waals surface area contributed by atoms with E-state index >= 15 is 0 Å². The van der Waals surface area contributed by atoms with Crippen molar-refractivity contribution in [2.75, 3.05) is 0 Å². The van der Waals surface area contributed by atoms with Gasteiger partial charge >= 0.3 is 5.97 Å². The average molecular weight is 405 g/mol. The van der Waals surface area contributed by atoms with Crippen molar-refractivity contribution < 1.29 is 19.0 Å². The van der Waals surface area contributed by atoms with Crippen molar-refractivity contribution in [3.63, 3.8) is 0 Å². The van der Waals surface area contributed by atoms with E-state index in [1.807, 2.05) is 12.1 Å². The van der Waals surface area contributed by atoms with Crippen LogP contribution in [0.4, 0.5) is 4.39 Å². The zero-order valence-corrected chi connectivity index (χ0v) is 16.7. The zero-order chi connectivity index (χ0) is 20.9. The van der Waals surface area contributed by atoms with Crippen LogP contribution in [-0.4, -0.2) is 16.1 Å². The van der Waals surface area contributed by atoms with E-state index in [0.717, 1.165) is 22.4 Å². The van der Waals surface area contributed by atoms with Crippen molar-refractivity contribution in [3.8, 4) is 16.9 Å². The van der Waals surface area contributed by atoms with E-state index in [-0.39, 0.29) is 18.8 Å². The van der Waals surface area contributed by atoms with Gasteiger partial charge in [0.1, 0.15) is 18.2 Å². The number of carbonyl (C=O) groups is 1. The van der Waals surface area contributed by atoms with Crippen molar-refractivity contribution in [3.05, 3.63) is 83.4 Å². The number of nitrogens with zero attached hydrogens (tertiary/aromatic N) is 1. The summed E-state index contributed by atoms with van der Waals surface area (Å²) < 4.78 is 19.7. The molecule has 0 aliphatic heterocycles. The Balaban J connectivity index is 1.42. The molecule has 0 radical (unpaired) electrons. The van der Waals surface area contributed by atoms with Crippen LogP contribution in [0.5, 0.6) is 5.75 Å². The van der Waals surface area contributed by atoms with Crippen LogP contribution in [0.1, 0.15) is 48.4 Å². The number of carboxylic acids is 1. The molecule has 1 saturated carbocycles. The Bertz CT molecular complexity index is 1010. The van der Waals surface area contributed by atoms with Crippen molar-refractivity contribution in [1.29, 1.82) is 0 Å². The smallest absolute Gasteiger partial charge is 0.303 e. The largest absolute Gasteiger partial charge is 0.487 e. The number of aliphatic carboxylic acids is 1. The summed E-state index contributed by atoms with van der Waals surface area (Å²) in [6.45, 7) is 0.234. The Morgan fingerprint density at radius 3 is 2.57 bits per heavy atom. The number of hydrogen-bond donors (Lipinski definition) is 1. The topological polar surface area (TPSA) is 59.4 Å². The number of halogens is 1. The molecule has 1 heterocycles. The van der Waals surface area contributed by atoms with Crippen LogP contribution < -0.4 is 4.74 Å². The molecule has 154 valence electrons. The van der Waals surface area contributed by atoms with Crippen LogP contribution in [0.2, 0.25) is 0 Å². The standard InChI is InChI=1S/C25H24FNO3/c26-21-10-13-24(19-8-6-18(7-9-19)17-4-5-17)20(14-21)16-30-23-12-11-22(27-15-23)2-1-3-25(28)29/h6-15,17H,1-5,16H2,(H,28,29). The maximum Gasteiger partial charge on any atom is 0.303 e. The molecule has 3 aromatic rings. The third-order valence-corrected chi connectivity index (χ3v) is 5.35. The van der Waals surface area contributed by atoms with E-state index in [9.17, 15) is 9.18 Å². The maximum atomic E-state index is 13.9. The van der Waals surface area contributed by atoms with Gasteiger partial charge < -0.3 is 9.84 Å². The van der Waals surface area contributed by atoms with Crippen LogP contribution >= 0.6 is 0 Å². The molecule has 5 heteroatoms. The fraction of sp³-hybridized carbons (Fsp3) is 0.280. The lowest BCUT2D eigenvalue weighted by Crippen LogP contribution is -2.01. The minimum Gasteiger partial charge on any atom is -0.487 e. The molecule has 1 aliphatic carbocycles. The minimum absolute atomic E-state index is 0.129. The normalized spacial score (nSPS) is 13.2. The van der Waals surface area contributed by atoms with Gasteiger partial charge in [0.05, 0.1) is 6.20 Å². The predicted octanol–water partition coefficient (Wildman–Crippen LogP) is 5.75. The average Bonchev–Trinajstić information content (AvgIpc) is 3.59. The first-order valence-electron chi connectivity index (χ1n) is 10.3. The van der Waals surface area contributed by atoms with Crippen LogP contribution in [0.25, 0.3) is 11.1 Å². The molecule has 1 fully saturated rings. The fourth-order valence-corrected chi connectivity index (χ4v) is 3.54. The predicted molar refractivity (Wildman–Crippen MR) is 113 cm³/mol. The highest BCUT2D eigenvalue weighted by Crippen LogP contribution is 2.40. The van der Waals surface area contributed by atoms with Crippen LogP contribution in [0, 0.1) is 5.82 Å². The van der Waals surface area contributed by atoms with E-state index in [1.165, 1.54) is 30.5 Å². The molecule has 1 aromatic heterocycles. The summed E-state index contributed by atoms with van der Waals surface area (Å²) >= 11 is 0. The molecular formula is C25H24FNO3. The van der Waals surface area contributed by atoms with Crippen LogP contribution in [0.15, 0.2) is 60.8 Å². The summed E-state index contributed by atoms with van der Waals surface area (Å²) in [7, 11) is 0. The molecule has 0 atom stereocenters. The Kier molecular flexibility index (Phi) is 6.07. The molecule has 1 N–H and O–H groups in total. The summed E-state index contributed by atoms with van der Waals surface area (Å²) in [6.07, 6.45) is 5.44. The summed E-state index contributed by atoms with van der Waals surface area (Å²) in [4.78, 5) is 14.9. The molecule has 30 heavy (non-hydrogen) atoms. The summed E-state index contributed by atoms with van der Waals surface area (Å²) in [6, 6.07) is 16.9. The lowest BCUT2D eigenvalue weighted by molar-refractivity contribution is -0.137. The van der Waals surface area contributed by atoms with Crippen molar-refractivity contribution >= 4 is 5.97 Å². The number of aryl methyl sites for hydroxylation is 1. The Labute approximate surface area is 175 Å². The van der Waals surface area contributed by atoms with Gasteiger partial charge in [0.15, 0.2) is 0 Å². The van der Waals surface area contributed by atoms with E-state index < -0.39 is 5.97 Å². The highest BCUT2D eigenvalue weighted by molar-refractivity contribution is 5.68. The summed E-state index contributed by atoms with van der Waals surface area (Å²) in [5, 5.41) is 8.71. The second-order valence-electron chi connectivity index (χ2n) is 7.72. The van der Waals surface area contributed by atoms with Gasteiger partial charge in [-0.2, -0.15) is 0 Å². The molecule has 2 aromatic carbocycles. The van der Waals surface area contributed by atoms with Gasteiger partial charge in [0.2, 0.25) is 0 Å². The van der Waals surface area contributed by atoms with E-state index in [4.69, 9.17) is 9.84 Å². The monoisotopic (exact) mass is 405 g/mol. The molecule has 0 unspecified atom stereocenters. The van der Waals surface area contributed by atoms with Crippen LogP contribution in [-0.2, 0) is 17.8 Å². The lowest BCUT2D eigenvalue weighted by atomic mass is 9.98. The molecule has 0 bridgehead atoms. The third kappa shape index (κ3) is 5.23. The number of aromatic nitrogens is 1. The van der Waals surface area contributed by atoms with Gasteiger partial charge in [-0.25, -0.2) is 4.39 Å². The number of hydrogen-bond acceptors (Lipinski definition) is 3. The molecule has 0 amide bonds. The third-order valence-electron chi connectivity index (χ3n) is 5.35. The number of ether oxygens (including phenoxy) is 1. The second-order valence-corrected chi connectivity index (χ2v) is 7.72. The van der Waals surface area contributed by atoms with Gasteiger partial charge in [-0.05, 0) is 78.1 Å². The number of benzene rings is 2. The highest BCUT2D eigenvalue weighted by atomic mass is 19.1. The van der Waals surface area contributed by atoms with Gasteiger partial charge in [0, 0.05) is 12.1 Å². The van der Waals surface area contributed by atoms with E-state index in [1.54, 1.807) is 12.3 Å². The minimum atomic E-state index is -0.803. The van der Waals surface area contributed by atoms with Crippen molar-refractivity contribution in [2.24, 2.45) is 0 Å². The van der Waals surface area contributed by atoms with Gasteiger partial charge in [-0.1, -0.05) is 30.3 Å². The van der Waals surface area contributed by atoms with E-state index in [0.29, 0.717) is 24.5 Å². The van der Waals surface area contributed by atoms with Gasteiger partial charge in [-0.15, -0.1) is 0 Å². The lowest BCUT2D eigenvalue weighted by Gasteiger charge is -2.12. The Morgan fingerprint density at radius 2 is 1.90 bits per heavy atom. The summed E-state index contributed by atoms with van der Waals surface area (Å²) in [5.41, 5.74) is 4.97. The van der Waals surface area contributed by atoms with Gasteiger partial charge in [-0.3, -0.25) is 9.78 Å². The van der Waals surface area contributed by atoms with Crippen molar-refractivity contribution in [2.45, 2.75) is 44.6 Å². The molecule has 0 spiro atoms. The summed E-state index contributed by atoms with van der Waals surface area (Å²) in [5.74, 6) is 0.202. The van der Waals surface area contributed by atoms with Gasteiger partial charge in [0.25, 0.3) is 0 Å². The fourth-order valence-electron chi connectivity index (χ4n) is 3.54. The molecule has 4 rings (SSSR count). The Morgan fingerprint density at radius 1 is 1.10 bits per heavy atom. The number of carboxylic acid groups (broad SMARTS) is 1. The van der Waals surface area contributed by atoms with Crippen LogP contribution in [0.3, 0.4) is 0 Å². The molecule has 4 nitrogen and oxygen atoms in total. The number of pyridine rings is 1. The maximum absolute atomic E-state index is 13.9. The highest BCUT2D eigenvalue weighted by Gasteiger charge is 2.23. The first-order chi connectivity index (χ1) is 14.6. The first kappa shape index (κ1) is 20.1. The van der Waals surface area contributed by atoms with E-state index in [2.05, 4.69) is 29.2 Å². The molecule has 0 saturated heterocycles. The van der Waals surface area contributed by atoms with Crippen molar-refractivity contribution in [1.82, 2.24) is 4.98 Å².